The standard InChI is InChI=1S/C24H38N2O3/c1-23(2)18-9-10-24(23,3)22(15-18)29-17-20(27)16-25-11-13-26(14-12-25)19-5-7-21(28-4)8-6-19/h5-8,18,20,22,27H,9-17H2,1-4H3. The summed E-state index contributed by atoms with van der Waals surface area (Å²) in [5, 5.41) is 10.6. The number of hydrogen-bond acceptors (Lipinski definition) is 5. The fourth-order valence-corrected chi connectivity index (χ4v) is 5.94. The summed E-state index contributed by atoms with van der Waals surface area (Å²) < 4.78 is 11.5. The van der Waals surface area contributed by atoms with Crippen molar-refractivity contribution in [1.82, 2.24) is 4.90 Å². The molecule has 1 saturated heterocycles. The van der Waals surface area contributed by atoms with E-state index in [0.29, 0.717) is 24.7 Å². The maximum Gasteiger partial charge on any atom is 0.119 e. The molecule has 0 amide bonds. The Morgan fingerprint density at radius 1 is 1.10 bits per heavy atom. The summed E-state index contributed by atoms with van der Waals surface area (Å²) in [5.74, 6) is 1.67. The Labute approximate surface area is 176 Å². The highest BCUT2D eigenvalue weighted by Crippen LogP contribution is 2.66. The van der Waals surface area contributed by atoms with Crippen LogP contribution < -0.4 is 9.64 Å². The van der Waals surface area contributed by atoms with Crippen LogP contribution in [0.15, 0.2) is 24.3 Å². The molecule has 1 heterocycles. The number of piperazine rings is 1. The smallest absolute Gasteiger partial charge is 0.119 e. The number of β-amino-alcohol motifs (C(OH)–C–C–N with tert-alkyl or cyclic N) is 1. The Morgan fingerprint density at radius 3 is 2.34 bits per heavy atom. The molecule has 4 unspecified atom stereocenters. The summed E-state index contributed by atoms with van der Waals surface area (Å²) in [6.07, 6.45) is 3.66. The molecule has 2 bridgehead atoms. The highest BCUT2D eigenvalue weighted by molar-refractivity contribution is 5.49. The maximum absolute atomic E-state index is 10.6. The number of anilines is 1. The normalized spacial score (nSPS) is 32.5. The van der Waals surface area contributed by atoms with Crippen molar-refractivity contribution in [1.29, 1.82) is 0 Å². The molecule has 2 aliphatic carbocycles. The number of aliphatic hydroxyl groups is 1. The molecule has 0 spiro atoms. The Kier molecular flexibility index (Phi) is 5.84. The lowest BCUT2D eigenvalue weighted by Crippen LogP contribution is -2.49. The summed E-state index contributed by atoms with van der Waals surface area (Å²) >= 11 is 0. The quantitative estimate of drug-likeness (QED) is 0.757. The van der Waals surface area contributed by atoms with Crippen LogP contribution >= 0.6 is 0 Å². The van der Waals surface area contributed by atoms with Gasteiger partial charge in [-0.25, -0.2) is 0 Å². The number of fused-ring (bicyclic) bond motifs is 2. The van der Waals surface area contributed by atoms with Gasteiger partial charge in [-0.1, -0.05) is 20.8 Å². The second-order valence-electron chi connectivity index (χ2n) is 10.1. The minimum Gasteiger partial charge on any atom is -0.497 e. The molecule has 3 fully saturated rings. The molecule has 162 valence electrons. The van der Waals surface area contributed by atoms with Gasteiger partial charge < -0.3 is 19.5 Å². The van der Waals surface area contributed by atoms with Crippen LogP contribution in [0.1, 0.15) is 40.0 Å². The Balaban J connectivity index is 1.21. The predicted molar refractivity (Wildman–Crippen MR) is 117 cm³/mol. The first-order chi connectivity index (χ1) is 13.8. The van der Waals surface area contributed by atoms with E-state index in [1.54, 1.807) is 7.11 Å². The van der Waals surface area contributed by atoms with Gasteiger partial charge in [0.15, 0.2) is 0 Å². The van der Waals surface area contributed by atoms with E-state index in [1.165, 1.54) is 18.5 Å². The predicted octanol–water partition coefficient (Wildman–Crippen LogP) is 3.41. The molecule has 1 aliphatic heterocycles. The van der Waals surface area contributed by atoms with Gasteiger partial charge in [-0.05, 0) is 60.3 Å². The molecular formula is C24H38N2O3. The summed E-state index contributed by atoms with van der Waals surface area (Å²) in [5.41, 5.74) is 1.86. The molecule has 5 heteroatoms. The number of aliphatic hydroxyl groups excluding tert-OH is 1. The third-order valence-corrected chi connectivity index (χ3v) is 8.48. The highest BCUT2D eigenvalue weighted by atomic mass is 16.5. The molecule has 1 N–H and O–H groups in total. The largest absolute Gasteiger partial charge is 0.497 e. The van der Waals surface area contributed by atoms with Crippen LogP contribution in [-0.2, 0) is 4.74 Å². The molecule has 1 aromatic rings. The van der Waals surface area contributed by atoms with Crippen molar-refractivity contribution < 1.29 is 14.6 Å². The maximum atomic E-state index is 10.6. The molecule has 2 saturated carbocycles. The van der Waals surface area contributed by atoms with E-state index in [2.05, 4.69) is 42.7 Å². The first-order valence-corrected chi connectivity index (χ1v) is 11.2. The molecule has 1 aromatic carbocycles. The van der Waals surface area contributed by atoms with Gasteiger partial charge in [0.05, 0.1) is 25.9 Å². The second-order valence-corrected chi connectivity index (χ2v) is 10.1. The van der Waals surface area contributed by atoms with E-state index in [-0.39, 0.29) is 5.41 Å². The van der Waals surface area contributed by atoms with Crippen LogP contribution in [0.3, 0.4) is 0 Å². The van der Waals surface area contributed by atoms with Crippen molar-refractivity contribution in [3.63, 3.8) is 0 Å². The molecule has 4 atom stereocenters. The first-order valence-electron chi connectivity index (χ1n) is 11.2. The second kappa shape index (κ2) is 8.09. The van der Waals surface area contributed by atoms with Crippen molar-refractivity contribution in [3.05, 3.63) is 24.3 Å². The average molecular weight is 403 g/mol. The monoisotopic (exact) mass is 402 g/mol. The summed E-state index contributed by atoms with van der Waals surface area (Å²) in [4.78, 5) is 4.76. The zero-order chi connectivity index (χ0) is 20.6. The third kappa shape index (κ3) is 3.89. The van der Waals surface area contributed by atoms with Crippen LogP contribution in [0, 0.1) is 16.7 Å². The lowest BCUT2D eigenvalue weighted by atomic mass is 9.70. The zero-order valence-electron chi connectivity index (χ0n) is 18.6. The van der Waals surface area contributed by atoms with E-state index >= 15 is 0 Å². The fraction of sp³-hybridized carbons (Fsp3) is 0.750. The van der Waals surface area contributed by atoms with E-state index in [9.17, 15) is 5.11 Å². The molecule has 4 rings (SSSR count). The van der Waals surface area contributed by atoms with E-state index < -0.39 is 6.10 Å². The fourth-order valence-electron chi connectivity index (χ4n) is 5.94. The molecule has 0 aromatic heterocycles. The minimum atomic E-state index is -0.409. The van der Waals surface area contributed by atoms with Crippen molar-refractivity contribution in [3.8, 4) is 5.75 Å². The van der Waals surface area contributed by atoms with Gasteiger partial charge >= 0.3 is 0 Å². The molecular weight excluding hydrogens is 364 g/mol. The molecule has 0 radical (unpaired) electrons. The van der Waals surface area contributed by atoms with Crippen molar-refractivity contribution in [2.24, 2.45) is 16.7 Å². The van der Waals surface area contributed by atoms with Gasteiger partial charge in [0.1, 0.15) is 5.75 Å². The summed E-state index contributed by atoms with van der Waals surface area (Å²) in [7, 11) is 1.70. The Bertz CT molecular complexity index is 684. The van der Waals surface area contributed by atoms with Crippen LogP contribution in [-0.4, -0.2) is 68.7 Å². The van der Waals surface area contributed by atoms with Crippen molar-refractivity contribution in [2.75, 3.05) is 51.3 Å². The number of hydrogen-bond donors (Lipinski definition) is 1. The summed E-state index contributed by atoms with van der Waals surface area (Å²) in [6, 6.07) is 8.27. The minimum absolute atomic E-state index is 0.265. The van der Waals surface area contributed by atoms with Gasteiger partial charge in [0.25, 0.3) is 0 Å². The number of nitrogens with zero attached hydrogens (tertiary/aromatic N) is 2. The lowest BCUT2D eigenvalue weighted by Gasteiger charge is -2.39. The van der Waals surface area contributed by atoms with E-state index in [1.807, 2.05) is 12.1 Å². The van der Waals surface area contributed by atoms with Crippen LogP contribution in [0.5, 0.6) is 5.75 Å². The van der Waals surface area contributed by atoms with Crippen LogP contribution in [0.2, 0.25) is 0 Å². The third-order valence-electron chi connectivity index (χ3n) is 8.48. The zero-order valence-corrected chi connectivity index (χ0v) is 18.6. The van der Waals surface area contributed by atoms with Gasteiger partial charge in [-0.15, -0.1) is 0 Å². The van der Waals surface area contributed by atoms with Crippen LogP contribution in [0.4, 0.5) is 5.69 Å². The average Bonchev–Trinajstić information content (AvgIpc) is 3.06. The van der Waals surface area contributed by atoms with E-state index in [4.69, 9.17) is 9.47 Å². The lowest BCUT2D eigenvalue weighted by molar-refractivity contribution is -0.0794. The Hall–Kier alpha value is -1.30. The molecule has 5 nitrogen and oxygen atoms in total. The van der Waals surface area contributed by atoms with Gasteiger partial charge in [0, 0.05) is 38.4 Å². The van der Waals surface area contributed by atoms with Gasteiger partial charge in [-0.3, -0.25) is 4.90 Å². The van der Waals surface area contributed by atoms with Crippen LogP contribution in [0.25, 0.3) is 0 Å². The molecule has 29 heavy (non-hydrogen) atoms. The number of methoxy groups -OCH3 is 1. The first kappa shape index (κ1) is 21.0. The Morgan fingerprint density at radius 2 is 1.79 bits per heavy atom. The number of rotatable bonds is 7. The number of benzene rings is 1. The van der Waals surface area contributed by atoms with Gasteiger partial charge in [0.2, 0.25) is 0 Å². The molecule has 3 aliphatic rings. The van der Waals surface area contributed by atoms with Crippen molar-refractivity contribution >= 4 is 5.69 Å². The van der Waals surface area contributed by atoms with E-state index in [0.717, 1.165) is 44.3 Å². The van der Waals surface area contributed by atoms with Gasteiger partial charge in [-0.2, -0.15) is 0 Å². The van der Waals surface area contributed by atoms with Crippen molar-refractivity contribution in [2.45, 2.75) is 52.2 Å². The summed E-state index contributed by atoms with van der Waals surface area (Å²) in [6.45, 7) is 12.3. The number of ether oxygens (including phenoxy) is 2. The topological polar surface area (TPSA) is 45.2 Å². The highest BCUT2D eigenvalue weighted by Gasteiger charge is 2.61. The SMILES string of the molecule is COc1ccc(N2CCN(CC(O)COC3CC4CCC3(C)C4(C)C)CC2)cc1.